The smallest absolute Gasteiger partial charge is 0.262 e. The van der Waals surface area contributed by atoms with E-state index >= 15 is 0 Å². The van der Waals surface area contributed by atoms with Crippen LogP contribution in [0.4, 0.5) is 0 Å². The number of benzene rings is 1. The van der Waals surface area contributed by atoms with Crippen molar-refractivity contribution in [2.45, 2.75) is 12.8 Å². The first kappa shape index (κ1) is 15.7. The molecule has 0 spiro atoms. The van der Waals surface area contributed by atoms with Gasteiger partial charge in [0.25, 0.3) is 11.8 Å². The van der Waals surface area contributed by atoms with E-state index in [1.807, 2.05) is 0 Å². The van der Waals surface area contributed by atoms with Crippen LogP contribution < -0.4 is 0 Å². The third-order valence-corrected chi connectivity index (χ3v) is 4.54. The van der Waals surface area contributed by atoms with Crippen LogP contribution in [0.5, 0.6) is 0 Å². The molecule has 0 N–H and O–H groups in total. The van der Waals surface area contributed by atoms with E-state index in [4.69, 9.17) is 4.74 Å². The molecule has 3 rings (SSSR count). The minimum absolute atomic E-state index is 0.171. The molecule has 0 unspecified atom stereocenters. The molecule has 2 heterocycles. The number of fused-ring (bicyclic) bond motifs is 1. The standard InChI is InChI=1S/C17H20N2O4/c1-23-11-12-6-8-18(9-7-12)15(20)10-19-16(21)13-4-2-3-5-14(13)17(19)22/h2-5,12H,6-11H2,1H3. The van der Waals surface area contributed by atoms with E-state index in [9.17, 15) is 14.4 Å². The van der Waals surface area contributed by atoms with Crippen LogP contribution in [0.25, 0.3) is 0 Å². The topological polar surface area (TPSA) is 66.9 Å². The Morgan fingerprint density at radius 2 is 1.70 bits per heavy atom. The maximum Gasteiger partial charge on any atom is 0.262 e. The lowest BCUT2D eigenvalue weighted by Gasteiger charge is -2.32. The Morgan fingerprint density at radius 3 is 2.22 bits per heavy atom. The van der Waals surface area contributed by atoms with Crippen LogP contribution in [0.1, 0.15) is 33.6 Å². The second-order valence-corrected chi connectivity index (χ2v) is 6.02. The van der Waals surface area contributed by atoms with Crippen molar-refractivity contribution in [3.05, 3.63) is 35.4 Å². The average molecular weight is 316 g/mol. The SMILES string of the molecule is COCC1CCN(C(=O)CN2C(=O)c3ccccc3C2=O)CC1. The molecule has 1 fully saturated rings. The average Bonchev–Trinajstić information content (AvgIpc) is 2.81. The van der Waals surface area contributed by atoms with Gasteiger partial charge in [0, 0.05) is 26.8 Å². The first-order valence-electron chi connectivity index (χ1n) is 7.83. The third kappa shape index (κ3) is 2.99. The fourth-order valence-corrected chi connectivity index (χ4v) is 3.20. The van der Waals surface area contributed by atoms with Gasteiger partial charge < -0.3 is 9.64 Å². The quantitative estimate of drug-likeness (QED) is 0.782. The first-order valence-corrected chi connectivity index (χ1v) is 7.83. The highest BCUT2D eigenvalue weighted by atomic mass is 16.5. The highest BCUT2D eigenvalue weighted by Gasteiger charge is 2.37. The van der Waals surface area contributed by atoms with E-state index in [0.717, 1.165) is 17.7 Å². The van der Waals surface area contributed by atoms with Crippen LogP contribution in [0.3, 0.4) is 0 Å². The summed E-state index contributed by atoms with van der Waals surface area (Å²) in [5.41, 5.74) is 0.758. The molecular weight excluding hydrogens is 296 g/mol. The van der Waals surface area contributed by atoms with Gasteiger partial charge in [-0.2, -0.15) is 0 Å². The van der Waals surface area contributed by atoms with Crippen LogP contribution in [-0.2, 0) is 9.53 Å². The number of imide groups is 1. The van der Waals surface area contributed by atoms with E-state index in [-0.39, 0.29) is 24.3 Å². The summed E-state index contributed by atoms with van der Waals surface area (Å²) in [7, 11) is 1.68. The van der Waals surface area contributed by atoms with Gasteiger partial charge >= 0.3 is 0 Å². The van der Waals surface area contributed by atoms with Crippen molar-refractivity contribution in [2.24, 2.45) is 5.92 Å². The van der Waals surface area contributed by atoms with Crippen molar-refractivity contribution in [3.63, 3.8) is 0 Å². The summed E-state index contributed by atoms with van der Waals surface area (Å²) in [6, 6.07) is 6.68. The number of likely N-dealkylation sites (tertiary alicyclic amines) is 1. The number of hydrogen-bond acceptors (Lipinski definition) is 4. The van der Waals surface area contributed by atoms with Crippen molar-refractivity contribution in [1.29, 1.82) is 0 Å². The van der Waals surface area contributed by atoms with Gasteiger partial charge in [0.15, 0.2) is 0 Å². The number of nitrogens with zero attached hydrogens (tertiary/aromatic N) is 2. The van der Waals surface area contributed by atoms with Gasteiger partial charge in [-0.25, -0.2) is 0 Å². The lowest BCUT2D eigenvalue weighted by atomic mass is 9.98. The van der Waals surface area contributed by atoms with Gasteiger partial charge in [0.2, 0.25) is 5.91 Å². The molecule has 23 heavy (non-hydrogen) atoms. The minimum atomic E-state index is -0.381. The molecule has 0 aliphatic carbocycles. The van der Waals surface area contributed by atoms with Gasteiger partial charge in [-0.15, -0.1) is 0 Å². The molecule has 0 aromatic heterocycles. The predicted octanol–water partition coefficient (Wildman–Crippen LogP) is 1.17. The number of carbonyl (C=O) groups excluding carboxylic acids is 3. The second-order valence-electron chi connectivity index (χ2n) is 6.02. The molecule has 2 aliphatic rings. The molecule has 0 bridgehead atoms. The zero-order chi connectivity index (χ0) is 16.4. The largest absolute Gasteiger partial charge is 0.384 e. The number of methoxy groups -OCH3 is 1. The summed E-state index contributed by atoms with van der Waals surface area (Å²) in [4.78, 5) is 39.8. The fraction of sp³-hybridized carbons (Fsp3) is 0.471. The fourth-order valence-electron chi connectivity index (χ4n) is 3.20. The van der Waals surface area contributed by atoms with Crippen LogP contribution in [0.15, 0.2) is 24.3 Å². The molecule has 1 saturated heterocycles. The van der Waals surface area contributed by atoms with Crippen LogP contribution in [0, 0.1) is 5.92 Å². The van der Waals surface area contributed by atoms with Crippen molar-refractivity contribution >= 4 is 17.7 Å². The monoisotopic (exact) mass is 316 g/mol. The van der Waals surface area contributed by atoms with Gasteiger partial charge in [-0.1, -0.05) is 12.1 Å². The molecule has 122 valence electrons. The zero-order valence-corrected chi connectivity index (χ0v) is 13.2. The number of rotatable bonds is 4. The van der Waals surface area contributed by atoms with E-state index < -0.39 is 0 Å². The van der Waals surface area contributed by atoms with Crippen LogP contribution in [0.2, 0.25) is 0 Å². The Labute approximate surface area is 135 Å². The Bertz CT molecular complexity index is 600. The molecule has 3 amide bonds. The summed E-state index contributed by atoms with van der Waals surface area (Å²) in [5, 5.41) is 0. The normalized spacial score (nSPS) is 18.5. The molecule has 6 nitrogen and oxygen atoms in total. The Morgan fingerprint density at radius 1 is 1.13 bits per heavy atom. The van der Waals surface area contributed by atoms with Gasteiger partial charge in [-0.3, -0.25) is 19.3 Å². The Hall–Kier alpha value is -2.21. The summed E-state index contributed by atoms with van der Waals surface area (Å²) in [6.07, 6.45) is 1.78. The van der Waals surface area contributed by atoms with Crippen LogP contribution >= 0.6 is 0 Å². The van der Waals surface area contributed by atoms with Gasteiger partial charge in [0.1, 0.15) is 6.54 Å². The van der Waals surface area contributed by atoms with E-state index in [1.54, 1.807) is 36.3 Å². The number of ether oxygens (including phenoxy) is 1. The molecule has 6 heteroatoms. The maximum atomic E-state index is 12.4. The maximum absolute atomic E-state index is 12.4. The van der Waals surface area contributed by atoms with Crippen molar-refractivity contribution in [3.8, 4) is 0 Å². The van der Waals surface area contributed by atoms with Gasteiger partial charge in [-0.05, 0) is 30.9 Å². The lowest BCUT2D eigenvalue weighted by Crippen LogP contribution is -2.46. The lowest BCUT2D eigenvalue weighted by molar-refractivity contribution is -0.133. The number of piperidine rings is 1. The van der Waals surface area contributed by atoms with Gasteiger partial charge in [0.05, 0.1) is 11.1 Å². The van der Waals surface area contributed by atoms with E-state index in [0.29, 0.717) is 36.7 Å². The number of amides is 3. The highest BCUT2D eigenvalue weighted by Crippen LogP contribution is 2.23. The van der Waals surface area contributed by atoms with Crippen molar-refractivity contribution < 1.29 is 19.1 Å². The molecule has 0 radical (unpaired) electrons. The van der Waals surface area contributed by atoms with Crippen molar-refractivity contribution in [1.82, 2.24) is 9.80 Å². The highest BCUT2D eigenvalue weighted by molar-refractivity contribution is 6.22. The summed E-state index contributed by atoms with van der Waals surface area (Å²) in [6.45, 7) is 1.83. The Balaban J connectivity index is 1.61. The Kier molecular flexibility index (Phi) is 4.43. The number of hydrogen-bond donors (Lipinski definition) is 0. The van der Waals surface area contributed by atoms with Crippen LogP contribution in [-0.4, -0.2) is 60.9 Å². The molecule has 0 saturated carbocycles. The number of carbonyl (C=O) groups is 3. The first-order chi connectivity index (χ1) is 11.1. The molecular formula is C17H20N2O4. The van der Waals surface area contributed by atoms with E-state index in [2.05, 4.69) is 0 Å². The molecule has 1 aromatic carbocycles. The minimum Gasteiger partial charge on any atom is -0.384 e. The summed E-state index contributed by atoms with van der Waals surface area (Å²) < 4.78 is 5.15. The summed E-state index contributed by atoms with van der Waals surface area (Å²) >= 11 is 0. The molecule has 2 aliphatic heterocycles. The molecule has 0 atom stereocenters. The third-order valence-electron chi connectivity index (χ3n) is 4.54. The van der Waals surface area contributed by atoms with Crippen molar-refractivity contribution in [2.75, 3.05) is 33.4 Å². The predicted molar refractivity (Wildman–Crippen MR) is 83.0 cm³/mol. The zero-order valence-electron chi connectivity index (χ0n) is 13.2. The second kappa shape index (κ2) is 6.50. The molecule has 1 aromatic rings. The van der Waals surface area contributed by atoms with E-state index in [1.165, 1.54) is 0 Å². The summed E-state index contributed by atoms with van der Waals surface area (Å²) in [5.74, 6) is -0.458.